The number of aromatic nitrogens is 1. The number of nitrogens with zero attached hydrogens (tertiary/aromatic N) is 1. The average Bonchev–Trinajstić information content (AvgIpc) is 2.72. The summed E-state index contributed by atoms with van der Waals surface area (Å²) >= 11 is 0. The van der Waals surface area contributed by atoms with E-state index in [2.05, 4.69) is 9.88 Å². The molecule has 0 unspecified atom stereocenters. The lowest BCUT2D eigenvalue weighted by molar-refractivity contribution is -0.697. The van der Waals surface area contributed by atoms with Crippen molar-refractivity contribution in [3.63, 3.8) is 0 Å². The van der Waals surface area contributed by atoms with Crippen LogP contribution in [0.25, 0.3) is 0 Å². The summed E-state index contributed by atoms with van der Waals surface area (Å²) in [6.45, 7) is 1.47. The molecule has 1 aromatic heterocycles. The van der Waals surface area contributed by atoms with Crippen LogP contribution in [0.5, 0.6) is 5.75 Å². The molecule has 0 bridgehead atoms. The molecule has 0 saturated carbocycles. The van der Waals surface area contributed by atoms with Crippen LogP contribution in [-0.2, 0) is 17.9 Å². The van der Waals surface area contributed by atoms with Gasteiger partial charge in [0.1, 0.15) is 18.9 Å². The standard InChI is InChI=1S/C23H24N2O2.BrH/c26-23(11-5-8-18-25-16-6-2-7-17-25)24-21-12-14-22(15-13-21)27-19-20-9-3-1-4-10-20;/h1-4,6-7,9-10,12-17H,5,8,11,18-19H2;1H. The number of rotatable bonds is 9. The van der Waals surface area contributed by atoms with Gasteiger partial charge in [-0.15, -0.1) is 0 Å². The Balaban J connectivity index is 0.00000280. The first-order valence-corrected chi connectivity index (χ1v) is 9.30. The summed E-state index contributed by atoms with van der Waals surface area (Å²) in [6.07, 6.45) is 6.46. The molecule has 0 fully saturated rings. The normalized spacial score (nSPS) is 10.0. The molecule has 3 aromatic rings. The second-order valence-corrected chi connectivity index (χ2v) is 6.42. The number of carbonyl (C=O) groups excluding carboxylic acids is 1. The lowest BCUT2D eigenvalue weighted by Crippen LogP contribution is -3.00. The van der Waals surface area contributed by atoms with Crippen molar-refractivity contribution in [3.8, 4) is 5.75 Å². The van der Waals surface area contributed by atoms with Crippen molar-refractivity contribution in [3.05, 3.63) is 90.8 Å². The third-order valence-corrected chi connectivity index (χ3v) is 4.23. The molecule has 0 spiro atoms. The van der Waals surface area contributed by atoms with E-state index in [0.29, 0.717) is 13.0 Å². The van der Waals surface area contributed by atoms with Crippen LogP contribution in [-0.4, -0.2) is 5.91 Å². The quantitative estimate of drug-likeness (QED) is 0.403. The number of hydrogen-bond donors (Lipinski definition) is 1. The summed E-state index contributed by atoms with van der Waals surface area (Å²) in [5, 5.41) is 2.94. The number of ether oxygens (including phenoxy) is 1. The van der Waals surface area contributed by atoms with Gasteiger partial charge in [-0.05, 0) is 36.2 Å². The first kappa shape index (κ1) is 21.6. The number of anilines is 1. The van der Waals surface area contributed by atoms with Crippen LogP contribution < -0.4 is 31.6 Å². The van der Waals surface area contributed by atoms with Crippen LogP contribution in [0.2, 0.25) is 0 Å². The summed E-state index contributed by atoms with van der Waals surface area (Å²) in [5.41, 5.74) is 1.92. The molecule has 1 heterocycles. The lowest BCUT2D eigenvalue weighted by Gasteiger charge is -2.08. The van der Waals surface area contributed by atoms with E-state index in [1.54, 1.807) is 0 Å². The van der Waals surface area contributed by atoms with Crippen LogP contribution >= 0.6 is 0 Å². The largest absolute Gasteiger partial charge is 1.00 e. The fraction of sp³-hybridized carbons (Fsp3) is 0.217. The molecule has 5 heteroatoms. The minimum atomic E-state index is 0. The molecular weight excluding hydrogens is 416 g/mol. The molecular formula is C23H25BrN2O2. The second kappa shape index (κ2) is 11.9. The van der Waals surface area contributed by atoms with Crippen LogP contribution in [0.4, 0.5) is 5.69 Å². The number of halogens is 1. The highest BCUT2D eigenvalue weighted by Crippen LogP contribution is 2.17. The van der Waals surface area contributed by atoms with Crippen molar-refractivity contribution in [1.29, 1.82) is 0 Å². The highest BCUT2D eigenvalue weighted by atomic mass is 79.9. The number of unbranched alkanes of at least 4 members (excludes halogenated alkanes) is 1. The number of nitrogens with one attached hydrogen (secondary N) is 1. The number of aryl methyl sites for hydroxylation is 1. The summed E-state index contributed by atoms with van der Waals surface area (Å²) < 4.78 is 7.89. The molecule has 1 N–H and O–H groups in total. The van der Waals surface area contributed by atoms with Gasteiger partial charge in [0.15, 0.2) is 12.4 Å². The Bertz CT molecular complexity index is 824. The highest BCUT2D eigenvalue weighted by molar-refractivity contribution is 5.90. The van der Waals surface area contributed by atoms with Crippen molar-refractivity contribution in [1.82, 2.24) is 0 Å². The van der Waals surface area contributed by atoms with Gasteiger partial charge in [-0.25, -0.2) is 4.57 Å². The predicted octanol–water partition coefficient (Wildman–Crippen LogP) is 1.37. The third kappa shape index (κ3) is 7.53. The van der Waals surface area contributed by atoms with Crippen molar-refractivity contribution in [2.45, 2.75) is 32.4 Å². The van der Waals surface area contributed by atoms with E-state index in [9.17, 15) is 4.79 Å². The van der Waals surface area contributed by atoms with Gasteiger partial charge in [-0.1, -0.05) is 36.4 Å². The SMILES string of the molecule is O=C(CCCC[n+]1ccccc1)Nc1ccc(OCc2ccccc2)cc1.[Br-]. The van der Waals surface area contributed by atoms with E-state index < -0.39 is 0 Å². The molecule has 1 amide bonds. The zero-order chi connectivity index (χ0) is 18.7. The number of amides is 1. The van der Waals surface area contributed by atoms with Gasteiger partial charge in [-0.2, -0.15) is 0 Å². The van der Waals surface area contributed by atoms with E-state index in [1.165, 1.54) is 0 Å². The minimum absolute atomic E-state index is 0. The number of benzene rings is 2. The predicted molar refractivity (Wildman–Crippen MR) is 106 cm³/mol. The van der Waals surface area contributed by atoms with Gasteiger partial charge in [0, 0.05) is 30.7 Å². The molecule has 0 radical (unpaired) electrons. The fourth-order valence-corrected chi connectivity index (χ4v) is 2.76. The molecule has 28 heavy (non-hydrogen) atoms. The third-order valence-electron chi connectivity index (χ3n) is 4.23. The van der Waals surface area contributed by atoms with Gasteiger partial charge >= 0.3 is 0 Å². The topological polar surface area (TPSA) is 42.2 Å². The van der Waals surface area contributed by atoms with Gasteiger partial charge in [0.05, 0.1) is 0 Å². The Morgan fingerprint density at radius 3 is 2.25 bits per heavy atom. The van der Waals surface area contributed by atoms with E-state index in [0.717, 1.165) is 36.4 Å². The Morgan fingerprint density at radius 2 is 1.54 bits per heavy atom. The van der Waals surface area contributed by atoms with Crippen LogP contribution in [0.3, 0.4) is 0 Å². The number of carbonyl (C=O) groups is 1. The molecule has 0 aliphatic heterocycles. The zero-order valence-electron chi connectivity index (χ0n) is 15.8. The maximum Gasteiger partial charge on any atom is 0.224 e. The lowest BCUT2D eigenvalue weighted by atomic mass is 10.2. The molecule has 146 valence electrons. The molecule has 0 aliphatic rings. The van der Waals surface area contributed by atoms with Crippen molar-refractivity contribution in [2.24, 2.45) is 0 Å². The molecule has 0 aliphatic carbocycles. The molecule has 4 nitrogen and oxygen atoms in total. The van der Waals surface area contributed by atoms with Crippen molar-refractivity contribution >= 4 is 11.6 Å². The van der Waals surface area contributed by atoms with Crippen molar-refractivity contribution in [2.75, 3.05) is 5.32 Å². The molecule has 0 atom stereocenters. The van der Waals surface area contributed by atoms with E-state index in [1.807, 2.05) is 85.2 Å². The Morgan fingerprint density at radius 1 is 0.857 bits per heavy atom. The van der Waals surface area contributed by atoms with Crippen LogP contribution in [0.15, 0.2) is 85.2 Å². The smallest absolute Gasteiger partial charge is 0.224 e. The summed E-state index contributed by atoms with van der Waals surface area (Å²) in [7, 11) is 0. The van der Waals surface area contributed by atoms with Gasteiger partial charge in [0.25, 0.3) is 0 Å². The zero-order valence-corrected chi connectivity index (χ0v) is 17.3. The maximum atomic E-state index is 12.1. The van der Waals surface area contributed by atoms with E-state index >= 15 is 0 Å². The molecule has 2 aromatic carbocycles. The van der Waals surface area contributed by atoms with Crippen LogP contribution in [0.1, 0.15) is 24.8 Å². The summed E-state index contributed by atoms with van der Waals surface area (Å²) in [6, 6.07) is 23.6. The Hall–Kier alpha value is -2.66. The molecule has 3 rings (SSSR count). The summed E-state index contributed by atoms with van der Waals surface area (Å²) in [4.78, 5) is 12.1. The van der Waals surface area contributed by atoms with E-state index in [4.69, 9.17) is 4.74 Å². The van der Waals surface area contributed by atoms with Crippen molar-refractivity contribution < 1.29 is 31.1 Å². The average molecular weight is 441 g/mol. The first-order valence-electron chi connectivity index (χ1n) is 9.30. The second-order valence-electron chi connectivity index (χ2n) is 6.42. The maximum absolute atomic E-state index is 12.1. The summed E-state index contributed by atoms with van der Waals surface area (Å²) in [5.74, 6) is 0.836. The van der Waals surface area contributed by atoms with Gasteiger partial charge < -0.3 is 27.0 Å². The van der Waals surface area contributed by atoms with Gasteiger partial charge in [-0.3, -0.25) is 4.79 Å². The van der Waals surface area contributed by atoms with Gasteiger partial charge in [0.2, 0.25) is 5.91 Å². The Labute approximate surface area is 177 Å². The molecule has 0 saturated heterocycles. The van der Waals surface area contributed by atoms with E-state index in [-0.39, 0.29) is 22.9 Å². The monoisotopic (exact) mass is 440 g/mol. The minimum Gasteiger partial charge on any atom is -1.00 e. The number of hydrogen-bond acceptors (Lipinski definition) is 2. The highest BCUT2D eigenvalue weighted by Gasteiger charge is 2.05. The Kier molecular flexibility index (Phi) is 9.22. The van der Waals surface area contributed by atoms with Crippen LogP contribution in [0, 0.1) is 0 Å². The number of pyridine rings is 1. The first-order chi connectivity index (χ1) is 13.3. The fourth-order valence-electron chi connectivity index (χ4n) is 2.76.